The van der Waals surface area contributed by atoms with Crippen LogP contribution < -0.4 is 10.2 Å². The van der Waals surface area contributed by atoms with E-state index in [2.05, 4.69) is 12.2 Å². The maximum Gasteiger partial charge on any atom is 0.221 e. The molecule has 0 bridgehead atoms. The lowest BCUT2D eigenvalue weighted by Gasteiger charge is -2.30. The fraction of sp³-hybridized carbons (Fsp3) is 0.611. The molecule has 1 aromatic carbocycles. The maximum absolute atomic E-state index is 12.1. The molecule has 1 amide bonds. The second kappa shape index (κ2) is 9.18. The van der Waals surface area contributed by atoms with Crippen molar-refractivity contribution in [3.63, 3.8) is 0 Å². The molecule has 1 aliphatic heterocycles. The van der Waals surface area contributed by atoms with Gasteiger partial charge in [-0.25, -0.2) is 8.42 Å². The number of likely N-dealkylation sites (tertiary alicyclic amines) is 1. The molecule has 24 heavy (non-hydrogen) atoms. The molecule has 6 heteroatoms. The summed E-state index contributed by atoms with van der Waals surface area (Å²) in [6, 6.07) is 9.00. The molecule has 0 aromatic heterocycles. The van der Waals surface area contributed by atoms with Crippen LogP contribution in [0.15, 0.2) is 35.2 Å². The van der Waals surface area contributed by atoms with E-state index in [4.69, 9.17) is 0 Å². The van der Waals surface area contributed by atoms with Gasteiger partial charge in [0.25, 0.3) is 0 Å². The molecule has 0 aliphatic carbocycles. The predicted molar refractivity (Wildman–Crippen MR) is 94.7 cm³/mol. The van der Waals surface area contributed by atoms with Crippen LogP contribution in [-0.4, -0.2) is 45.8 Å². The van der Waals surface area contributed by atoms with Crippen LogP contribution in [0.1, 0.15) is 39.0 Å². The highest BCUT2D eigenvalue weighted by molar-refractivity contribution is 7.91. The monoisotopic (exact) mass is 353 g/mol. The normalized spacial score (nSPS) is 21.4. The first-order valence-electron chi connectivity index (χ1n) is 8.88. The molecule has 1 aromatic rings. The van der Waals surface area contributed by atoms with Crippen molar-refractivity contribution in [3.8, 4) is 0 Å². The summed E-state index contributed by atoms with van der Waals surface area (Å²) in [7, 11) is -3.38. The van der Waals surface area contributed by atoms with Crippen molar-refractivity contribution in [1.82, 2.24) is 5.32 Å². The lowest BCUT2D eigenvalue weighted by Crippen LogP contribution is -3.16. The molecule has 0 radical (unpaired) electrons. The highest BCUT2D eigenvalue weighted by Gasteiger charge is 2.21. The summed E-state index contributed by atoms with van der Waals surface area (Å²) in [5.41, 5.74) is 0. The summed E-state index contributed by atoms with van der Waals surface area (Å²) >= 11 is 0. The van der Waals surface area contributed by atoms with Gasteiger partial charge in [-0.2, -0.15) is 0 Å². The summed E-state index contributed by atoms with van der Waals surface area (Å²) in [5.74, 6) is -0.326. The number of rotatable bonds is 8. The number of quaternary nitrogens is 1. The van der Waals surface area contributed by atoms with Crippen molar-refractivity contribution in [3.05, 3.63) is 30.3 Å². The van der Waals surface area contributed by atoms with Gasteiger partial charge in [-0.1, -0.05) is 18.2 Å². The Bertz CT molecular complexity index is 616. The van der Waals surface area contributed by atoms with Crippen LogP contribution in [0.5, 0.6) is 0 Å². The number of benzene rings is 1. The third kappa shape index (κ3) is 5.91. The highest BCUT2D eigenvalue weighted by atomic mass is 32.2. The predicted octanol–water partition coefficient (Wildman–Crippen LogP) is 0.814. The average Bonchev–Trinajstić information content (AvgIpc) is 2.59. The van der Waals surface area contributed by atoms with E-state index in [-0.39, 0.29) is 23.0 Å². The van der Waals surface area contributed by atoms with Crippen LogP contribution in [0.2, 0.25) is 0 Å². The number of carbonyl (C=O) groups excluding carboxylic acids is 1. The van der Waals surface area contributed by atoms with E-state index in [1.165, 1.54) is 25.8 Å². The van der Waals surface area contributed by atoms with Crippen molar-refractivity contribution in [2.45, 2.75) is 50.0 Å². The van der Waals surface area contributed by atoms with Crippen molar-refractivity contribution >= 4 is 15.7 Å². The van der Waals surface area contributed by atoms with Crippen molar-refractivity contribution in [1.29, 1.82) is 0 Å². The van der Waals surface area contributed by atoms with Gasteiger partial charge >= 0.3 is 0 Å². The Kier molecular flexibility index (Phi) is 7.24. The Morgan fingerprint density at radius 1 is 1.25 bits per heavy atom. The highest BCUT2D eigenvalue weighted by Crippen LogP contribution is 2.10. The van der Waals surface area contributed by atoms with Gasteiger partial charge in [-0.3, -0.25) is 4.79 Å². The van der Waals surface area contributed by atoms with Crippen LogP contribution in [0, 0.1) is 0 Å². The van der Waals surface area contributed by atoms with Crippen LogP contribution in [0.3, 0.4) is 0 Å². The molecule has 2 N–H and O–H groups in total. The number of carbonyl (C=O) groups is 1. The third-order valence-electron chi connectivity index (χ3n) is 4.78. The van der Waals surface area contributed by atoms with E-state index < -0.39 is 9.84 Å². The van der Waals surface area contributed by atoms with Crippen LogP contribution in [-0.2, 0) is 14.6 Å². The molecule has 0 saturated carbocycles. The smallest absolute Gasteiger partial charge is 0.221 e. The first-order valence-corrected chi connectivity index (χ1v) is 10.5. The molecule has 1 fully saturated rings. The molecular weight excluding hydrogens is 324 g/mol. The molecule has 1 aliphatic rings. The number of sulfone groups is 1. The average molecular weight is 354 g/mol. The molecular formula is C18H29N2O3S+. The van der Waals surface area contributed by atoms with E-state index >= 15 is 0 Å². The zero-order chi connectivity index (χ0) is 17.4. The van der Waals surface area contributed by atoms with Crippen LogP contribution in [0.4, 0.5) is 0 Å². The Morgan fingerprint density at radius 3 is 2.71 bits per heavy atom. The van der Waals surface area contributed by atoms with E-state index in [0.717, 1.165) is 13.0 Å². The van der Waals surface area contributed by atoms with Gasteiger partial charge in [0.2, 0.25) is 5.91 Å². The SMILES string of the molecule is C[C@H]1CCCC[NH+]1CCCNC(=O)CCS(=O)(=O)c1ccccc1. The minimum Gasteiger partial charge on any atom is -0.356 e. The number of amides is 1. The summed E-state index contributed by atoms with van der Waals surface area (Å²) < 4.78 is 24.3. The van der Waals surface area contributed by atoms with E-state index in [1.807, 2.05) is 0 Å². The van der Waals surface area contributed by atoms with Gasteiger partial charge in [-0.15, -0.1) is 0 Å². The Balaban J connectivity index is 1.65. The number of hydrogen-bond acceptors (Lipinski definition) is 3. The Morgan fingerprint density at radius 2 is 2.00 bits per heavy atom. The first-order chi connectivity index (χ1) is 11.5. The van der Waals surface area contributed by atoms with Crippen molar-refractivity contribution < 1.29 is 18.1 Å². The zero-order valence-corrected chi connectivity index (χ0v) is 15.3. The third-order valence-corrected chi connectivity index (χ3v) is 6.51. The quantitative estimate of drug-likeness (QED) is 0.680. The van der Waals surface area contributed by atoms with Gasteiger partial charge < -0.3 is 10.2 Å². The summed E-state index contributed by atoms with van der Waals surface area (Å²) in [6.45, 7) is 5.22. The second-order valence-electron chi connectivity index (χ2n) is 6.64. The van der Waals surface area contributed by atoms with Crippen molar-refractivity contribution in [2.24, 2.45) is 0 Å². The molecule has 1 unspecified atom stereocenters. The van der Waals surface area contributed by atoms with E-state index in [1.54, 1.807) is 35.2 Å². The number of nitrogens with one attached hydrogen (secondary N) is 2. The van der Waals surface area contributed by atoms with Gasteiger partial charge in [0.1, 0.15) is 0 Å². The second-order valence-corrected chi connectivity index (χ2v) is 8.75. The fourth-order valence-corrected chi connectivity index (χ4v) is 4.49. The minimum absolute atomic E-state index is 0.0181. The standard InChI is InChI=1S/C18H28N2O3S/c1-16-8-5-6-13-20(16)14-7-12-19-18(21)11-15-24(22,23)17-9-3-2-4-10-17/h2-4,9-10,16H,5-8,11-15H2,1H3,(H,19,21)/p+1/t16-/m0/s1. The lowest BCUT2D eigenvalue weighted by atomic mass is 10.0. The van der Waals surface area contributed by atoms with E-state index in [0.29, 0.717) is 12.6 Å². The van der Waals surface area contributed by atoms with Gasteiger partial charge in [0.05, 0.1) is 29.8 Å². The Hall–Kier alpha value is -1.40. The first kappa shape index (κ1) is 18.9. The summed E-state index contributed by atoms with van der Waals surface area (Å²) in [4.78, 5) is 13.8. The molecule has 1 heterocycles. The van der Waals surface area contributed by atoms with Gasteiger partial charge in [0, 0.05) is 19.4 Å². The molecule has 134 valence electrons. The van der Waals surface area contributed by atoms with Gasteiger partial charge in [0.15, 0.2) is 9.84 Å². The van der Waals surface area contributed by atoms with Crippen LogP contribution >= 0.6 is 0 Å². The summed E-state index contributed by atoms with van der Waals surface area (Å²) in [6.07, 6.45) is 4.88. The lowest BCUT2D eigenvalue weighted by molar-refractivity contribution is -0.928. The zero-order valence-electron chi connectivity index (χ0n) is 14.5. The van der Waals surface area contributed by atoms with Crippen molar-refractivity contribution in [2.75, 3.05) is 25.4 Å². The summed E-state index contributed by atoms with van der Waals surface area (Å²) in [5, 5.41) is 2.84. The molecule has 0 spiro atoms. The number of piperidine rings is 1. The Labute approximate surface area is 145 Å². The minimum atomic E-state index is -3.38. The molecule has 2 rings (SSSR count). The fourth-order valence-electron chi connectivity index (χ4n) is 3.23. The van der Waals surface area contributed by atoms with Gasteiger partial charge in [-0.05, 0) is 38.3 Å². The topological polar surface area (TPSA) is 67.7 Å². The molecule has 1 saturated heterocycles. The number of hydrogen-bond donors (Lipinski definition) is 2. The maximum atomic E-state index is 12.1. The largest absolute Gasteiger partial charge is 0.356 e. The van der Waals surface area contributed by atoms with E-state index in [9.17, 15) is 13.2 Å². The molecule has 2 atom stereocenters. The van der Waals surface area contributed by atoms with Crippen LogP contribution in [0.25, 0.3) is 0 Å². The molecule has 5 nitrogen and oxygen atoms in total.